The number of methoxy groups -OCH3 is 1. The van der Waals surface area contributed by atoms with Crippen LogP contribution < -0.4 is 0 Å². The van der Waals surface area contributed by atoms with Crippen molar-refractivity contribution in [3.05, 3.63) is 0 Å². The SMILES string of the molecule is COCC(CC(C)CCl)C(C)C. The Bertz CT molecular complexity index is 104. The first kappa shape index (κ1) is 12.2. The van der Waals surface area contributed by atoms with E-state index in [1.54, 1.807) is 7.11 Å². The summed E-state index contributed by atoms with van der Waals surface area (Å²) in [6.07, 6.45) is 1.18. The van der Waals surface area contributed by atoms with E-state index in [1.165, 1.54) is 6.42 Å². The molecule has 0 saturated heterocycles. The highest BCUT2D eigenvalue weighted by Gasteiger charge is 2.15. The minimum absolute atomic E-state index is 0.606. The largest absolute Gasteiger partial charge is 0.384 e. The molecule has 2 atom stereocenters. The Labute approximate surface area is 81.4 Å². The molecule has 2 heteroatoms. The molecule has 74 valence electrons. The van der Waals surface area contributed by atoms with Crippen LogP contribution in [0.2, 0.25) is 0 Å². The molecule has 0 fully saturated rings. The molecular weight excluding hydrogens is 172 g/mol. The molecule has 0 aliphatic heterocycles. The second kappa shape index (κ2) is 6.73. The van der Waals surface area contributed by atoms with Gasteiger partial charge in [-0.3, -0.25) is 0 Å². The van der Waals surface area contributed by atoms with Crippen molar-refractivity contribution in [1.82, 2.24) is 0 Å². The molecule has 0 aromatic carbocycles. The number of hydrogen-bond acceptors (Lipinski definition) is 1. The molecule has 0 bridgehead atoms. The molecule has 0 aromatic heterocycles. The summed E-state index contributed by atoms with van der Waals surface area (Å²) in [7, 11) is 1.76. The molecule has 0 radical (unpaired) electrons. The summed E-state index contributed by atoms with van der Waals surface area (Å²) in [6, 6.07) is 0. The van der Waals surface area contributed by atoms with Crippen LogP contribution in [0.4, 0.5) is 0 Å². The molecular formula is C10H21ClO. The van der Waals surface area contributed by atoms with E-state index < -0.39 is 0 Å². The van der Waals surface area contributed by atoms with Crippen LogP contribution in [0.1, 0.15) is 27.2 Å². The fourth-order valence-electron chi connectivity index (χ4n) is 1.33. The fraction of sp³-hybridized carbons (Fsp3) is 1.00. The van der Waals surface area contributed by atoms with Crippen LogP contribution in [0.15, 0.2) is 0 Å². The second-order valence-corrected chi connectivity index (χ2v) is 4.26. The maximum absolute atomic E-state index is 5.76. The van der Waals surface area contributed by atoms with Gasteiger partial charge in [-0.1, -0.05) is 20.8 Å². The van der Waals surface area contributed by atoms with Gasteiger partial charge >= 0.3 is 0 Å². The monoisotopic (exact) mass is 192 g/mol. The maximum Gasteiger partial charge on any atom is 0.0493 e. The smallest absolute Gasteiger partial charge is 0.0493 e. The quantitative estimate of drug-likeness (QED) is 0.588. The van der Waals surface area contributed by atoms with Crippen molar-refractivity contribution in [3.8, 4) is 0 Å². The standard InChI is InChI=1S/C10H21ClO/c1-8(2)10(7-12-4)5-9(3)6-11/h8-10H,5-7H2,1-4H3. The average Bonchev–Trinajstić information content (AvgIpc) is 2.03. The molecule has 2 unspecified atom stereocenters. The van der Waals surface area contributed by atoms with Crippen molar-refractivity contribution < 1.29 is 4.74 Å². The van der Waals surface area contributed by atoms with Gasteiger partial charge in [-0.05, 0) is 24.2 Å². The average molecular weight is 193 g/mol. The van der Waals surface area contributed by atoms with Gasteiger partial charge in [-0.25, -0.2) is 0 Å². The fourth-order valence-corrected chi connectivity index (χ4v) is 1.45. The normalized spacial score (nSPS) is 16.5. The van der Waals surface area contributed by atoms with E-state index in [-0.39, 0.29) is 0 Å². The van der Waals surface area contributed by atoms with Gasteiger partial charge in [-0.15, -0.1) is 11.6 Å². The Kier molecular flexibility index (Phi) is 6.87. The van der Waals surface area contributed by atoms with E-state index >= 15 is 0 Å². The number of alkyl halides is 1. The summed E-state index contributed by atoms with van der Waals surface area (Å²) < 4.78 is 5.17. The van der Waals surface area contributed by atoms with Crippen molar-refractivity contribution in [2.24, 2.45) is 17.8 Å². The van der Waals surface area contributed by atoms with Crippen molar-refractivity contribution in [2.45, 2.75) is 27.2 Å². The lowest BCUT2D eigenvalue weighted by atomic mass is 9.88. The van der Waals surface area contributed by atoms with Gasteiger partial charge in [0.1, 0.15) is 0 Å². The zero-order valence-corrected chi connectivity index (χ0v) is 9.40. The lowest BCUT2D eigenvalue weighted by Gasteiger charge is -2.22. The lowest BCUT2D eigenvalue weighted by Crippen LogP contribution is -2.18. The van der Waals surface area contributed by atoms with E-state index in [9.17, 15) is 0 Å². The van der Waals surface area contributed by atoms with Crippen molar-refractivity contribution >= 4 is 11.6 Å². The summed E-state index contributed by atoms with van der Waals surface area (Å²) >= 11 is 5.76. The molecule has 0 aliphatic rings. The van der Waals surface area contributed by atoms with E-state index in [1.807, 2.05) is 0 Å². The molecule has 0 aliphatic carbocycles. The Morgan fingerprint density at radius 2 is 1.83 bits per heavy atom. The zero-order chi connectivity index (χ0) is 9.56. The minimum atomic E-state index is 0.606. The summed E-state index contributed by atoms with van der Waals surface area (Å²) in [4.78, 5) is 0. The molecule has 1 nitrogen and oxygen atoms in total. The highest BCUT2D eigenvalue weighted by molar-refractivity contribution is 6.18. The van der Waals surface area contributed by atoms with Crippen LogP contribution in [0.25, 0.3) is 0 Å². The summed E-state index contributed by atoms with van der Waals surface area (Å²) in [5.41, 5.74) is 0. The van der Waals surface area contributed by atoms with Gasteiger partial charge in [0, 0.05) is 19.6 Å². The Morgan fingerprint density at radius 1 is 1.25 bits per heavy atom. The molecule has 0 heterocycles. The minimum Gasteiger partial charge on any atom is -0.384 e. The summed E-state index contributed by atoms with van der Waals surface area (Å²) in [5.74, 6) is 2.71. The van der Waals surface area contributed by atoms with Crippen LogP contribution >= 0.6 is 11.6 Å². The predicted octanol–water partition coefficient (Wildman–Crippen LogP) is 3.17. The van der Waals surface area contributed by atoms with Crippen LogP contribution in [0.3, 0.4) is 0 Å². The highest BCUT2D eigenvalue weighted by Crippen LogP contribution is 2.21. The molecule has 0 amide bonds. The van der Waals surface area contributed by atoms with Crippen LogP contribution in [0, 0.1) is 17.8 Å². The predicted molar refractivity (Wildman–Crippen MR) is 54.7 cm³/mol. The number of ether oxygens (including phenoxy) is 1. The van der Waals surface area contributed by atoms with Gasteiger partial charge in [0.25, 0.3) is 0 Å². The van der Waals surface area contributed by atoms with Crippen LogP contribution in [-0.4, -0.2) is 19.6 Å². The Morgan fingerprint density at radius 3 is 2.17 bits per heavy atom. The van der Waals surface area contributed by atoms with Crippen LogP contribution in [-0.2, 0) is 4.74 Å². The van der Waals surface area contributed by atoms with Crippen molar-refractivity contribution in [1.29, 1.82) is 0 Å². The number of rotatable bonds is 6. The Hall–Kier alpha value is 0.250. The highest BCUT2D eigenvalue weighted by atomic mass is 35.5. The van der Waals surface area contributed by atoms with E-state index in [4.69, 9.17) is 16.3 Å². The second-order valence-electron chi connectivity index (χ2n) is 3.95. The molecule has 0 N–H and O–H groups in total. The number of hydrogen-bond donors (Lipinski definition) is 0. The molecule has 12 heavy (non-hydrogen) atoms. The van der Waals surface area contributed by atoms with E-state index in [2.05, 4.69) is 20.8 Å². The lowest BCUT2D eigenvalue weighted by molar-refractivity contribution is 0.116. The van der Waals surface area contributed by atoms with E-state index in [0.717, 1.165) is 12.5 Å². The molecule has 0 saturated carbocycles. The third-order valence-corrected chi connectivity index (χ3v) is 2.82. The van der Waals surface area contributed by atoms with Gasteiger partial charge in [0.2, 0.25) is 0 Å². The van der Waals surface area contributed by atoms with Crippen molar-refractivity contribution in [3.63, 3.8) is 0 Å². The third-order valence-electron chi connectivity index (χ3n) is 2.29. The first-order valence-corrected chi connectivity index (χ1v) is 5.20. The first-order chi connectivity index (χ1) is 5.61. The van der Waals surface area contributed by atoms with Gasteiger partial charge in [0.05, 0.1) is 0 Å². The molecule has 0 spiro atoms. The Balaban J connectivity index is 3.77. The first-order valence-electron chi connectivity index (χ1n) is 4.66. The maximum atomic E-state index is 5.76. The van der Waals surface area contributed by atoms with Gasteiger partial charge < -0.3 is 4.74 Å². The third kappa shape index (κ3) is 5.00. The summed E-state index contributed by atoms with van der Waals surface area (Å²) in [6.45, 7) is 7.53. The summed E-state index contributed by atoms with van der Waals surface area (Å²) in [5, 5.41) is 0. The van der Waals surface area contributed by atoms with E-state index in [0.29, 0.717) is 17.8 Å². The van der Waals surface area contributed by atoms with Gasteiger partial charge in [-0.2, -0.15) is 0 Å². The molecule has 0 rings (SSSR count). The topological polar surface area (TPSA) is 9.23 Å². The van der Waals surface area contributed by atoms with Gasteiger partial charge in [0.15, 0.2) is 0 Å². The number of halogens is 1. The molecule has 0 aromatic rings. The zero-order valence-electron chi connectivity index (χ0n) is 8.64. The van der Waals surface area contributed by atoms with Crippen molar-refractivity contribution in [2.75, 3.05) is 19.6 Å². The van der Waals surface area contributed by atoms with Crippen LogP contribution in [0.5, 0.6) is 0 Å².